The van der Waals surface area contributed by atoms with E-state index in [1.807, 2.05) is 0 Å². The molecule has 2 aromatic rings. The molecule has 23 heavy (non-hydrogen) atoms. The third kappa shape index (κ3) is 2.99. The lowest BCUT2D eigenvalue weighted by atomic mass is 9.98. The highest BCUT2D eigenvalue weighted by molar-refractivity contribution is 5.77. The van der Waals surface area contributed by atoms with Crippen molar-refractivity contribution in [3.8, 4) is 11.9 Å². The van der Waals surface area contributed by atoms with Gasteiger partial charge >= 0.3 is 0 Å². The fourth-order valence-corrected chi connectivity index (χ4v) is 3.15. The molecule has 0 N–H and O–H groups in total. The topological polar surface area (TPSA) is 49.2 Å². The van der Waals surface area contributed by atoms with Gasteiger partial charge in [-0.1, -0.05) is 6.42 Å². The molecule has 0 aromatic carbocycles. The first-order valence-electron chi connectivity index (χ1n) is 8.52. The Morgan fingerprint density at radius 3 is 2.74 bits per heavy atom. The first-order valence-corrected chi connectivity index (χ1v) is 8.52. The average molecular weight is 319 g/mol. The smallest absolute Gasteiger partial charge is 0.297 e. The Kier molecular flexibility index (Phi) is 3.83. The highest BCUT2D eigenvalue weighted by Crippen LogP contribution is 2.32. The predicted octanol–water partition coefficient (Wildman–Crippen LogP) is 3.61. The fourth-order valence-electron chi connectivity index (χ4n) is 3.15. The lowest BCUT2D eigenvalue weighted by Crippen LogP contribution is -2.21. The van der Waals surface area contributed by atoms with Gasteiger partial charge in [0.05, 0.1) is 12.8 Å². The number of pyridine rings is 1. The molecule has 2 heterocycles. The fraction of sp³-hybridized carbons (Fsp3) is 0.647. The summed E-state index contributed by atoms with van der Waals surface area (Å²) >= 11 is 0. The molecule has 5 nitrogen and oxygen atoms in total. The molecule has 2 fully saturated rings. The summed E-state index contributed by atoms with van der Waals surface area (Å²) in [5.41, 5.74) is 0.909. The Labute approximate surface area is 134 Å². The normalized spacial score (nSPS) is 19.2. The van der Waals surface area contributed by atoms with Crippen molar-refractivity contribution in [1.82, 2.24) is 14.5 Å². The Hall–Kier alpha value is -1.85. The van der Waals surface area contributed by atoms with Crippen LogP contribution in [0, 0.1) is 11.7 Å². The van der Waals surface area contributed by atoms with Crippen molar-refractivity contribution in [3.63, 3.8) is 0 Å². The van der Waals surface area contributed by atoms with Crippen molar-refractivity contribution in [2.75, 3.05) is 6.61 Å². The van der Waals surface area contributed by atoms with Crippen molar-refractivity contribution >= 4 is 11.0 Å². The SMILES string of the molecule is Cn1c(OC2CCCCC2)nc2cnc(OCC3CC3)c(F)c21. The Morgan fingerprint density at radius 1 is 1.22 bits per heavy atom. The summed E-state index contributed by atoms with van der Waals surface area (Å²) in [5.74, 6) is 0.178. The van der Waals surface area contributed by atoms with Gasteiger partial charge in [-0.05, 0) is 44.4 Å². The minimum absolute atomic E-state index is 0.0663. The number of fused-ring (bicyclic) bond motifs is 1. The molecule has 124 valence electrons. The molecule has 0 unspecified atom stereocenters. The molecule has 0 aliphatic heterocycles. The number of rotatable bonds is 5. The standard InChI is InChI=1S/C17H22FN3O2/c1-21-15-13(20-17(21)23-12-5-3-2-4-6-12)9-19-16(14(15)18)22-10-11-7-8-11/h9,11-12H,2-8,10H2,1H3. The summed E-state index contributed by atoms with van der Waals surface area (Å²) in [4.78, 5) is 8.48. The third-order valence-electron chi connectivity index (χ3n) is 4.76. The maximum Gasteiger partial charge on any atom is 0.297 e. The molecule has 0 amide bonds. The number of aryl methyl sites for hydroxylation is 1. The van der Waals surface area contributed by atoms with E-state index in [2.05, 4.69) is 9.97 Å². The molecule has 6 heteroatoms. The molecule has 0 bridgehead atoms. The molecule has 0 saturated heterocycles. The van der Waals surface area contributed by atoms with Gasteiger partial charge in [-0.2, -0.15) is 9.37 Å². The van der Waals surface area contributed by atoms with Crippen LogP contribution in [0.25, 0.3) is 11.0 Å². The first-order chi connectivity index (χ1) is 11.2. The number of nitrogens with zero attached hydrogens (tertiary/aromatic N) is 3. The van der Waals surface area contributed by atoms with E-state index in [1.54, 1.807) is 17.8 Å². The summed E-state index contributed by atoms with van der Waals surface area (Å²) in [6, 6.07) is 0.465. The van der Waals surface area contributed by atoms with Crippen LogP contribution in [0.5, 0.6) is 11.9 Å². The molecule has 2 saturated carbocycles. The van der Waals surface area contributed by atoms with Crippen molar-refractivity contribution in [3.05, 3.63) is 12.0 Å². The summed E-state index contributed by atoms with van der Waals surface area (Å²) in [6.45, 7) is 0.540. The van der Waals surface area contributed by atoms with Crippen LogP contribution in [0.15, 0.2) is 6.20 Å². The Bertz CT molecular complexity index is 705. The van der Waals surface area contributed by atoms with E-state index in [1.165, 1.54) is 19.3 Å². The van der Waals surface area contributed by atoms with Crippen molar-refractivity contribution in [1.29, 1.82) is 0 Å². The van der Waals surface area contributed by atoms with Crippen molar-refractivity contribution in [2.24, 2.45) is 13.0 Å². The lowest BCUT2D eigenvalue weighted by molar-refractivity contribution is 0.138. The predicted molar refractivity (Wildman–Crippen MR) is 84.2 cm³/mol. The van der Waals surface area contributed by atoms with E-state index in [4.69, 9.17) is 9.47 Å². The summed E-state index contributed by atoms with van der Waals surface area (Å²) in [5, 5.41) is 0. The second-order valence-electron chi connectivity index (χ2n) is 6.70. The highest BCUT2D eigenvalue weighted by atomic mass is 19.1. The number of aromatic nitrogens is 3. The van der Waals surface area contributed by atoms with E-state index in [0.717, 1.165) is 25.7 Å². The number of hydrogen-bond donors (Lipinski definition) is 0. The van der Waals surface area contributed by atoms with Crippen LogP contribution in [-0.4, -0.2) is 27.2 Å². The second kappa shape index (κ2) is 5.98. The molecule has 4 rings (SSSR count). The number of ether oxygens (including phenoxy) is 2. The van der Waals surface area contributed by atoms with Crippen LogP contribution in [-0.2, 0) is 7.05 Å². The molecular weight excluding hydrogens is 297 g/mol. The summed E-state index contributed by atoms with van der Waals surface area (Å²) in [6.07, 6.45) is 9.79. The number of hydrogen-bond acceptors (Lipinski definition) is 4. The van der Waals surface area contributed by atoms with Gasteiger partial charge in [0.15, 0.2) is 0 Å². The Balaban J connectivity index is 1.59. The number of imidazole rings is 1. The first kappa shape index (κ1) is 14.7. The maximum atomic E-state index is 14.7. The van der Waals surface area contributed by atoms with Crippen LogP contribution in [0.1, 0.15) is 44.9 Å². The van der Waals surface area contributed by atoms with E-state index in [9.17, 15) is 4.39 Å². The minimum Gasteiger partial charge on any atom is -0.475 e. The van der Waals surface area contributed by atoms with Crippen LogP contribution in [0.4, 0.5) is 4.39 Å². The quantitative estimate of drug-likeness (QED) is 0.845. The van der Waals surface area contributed by atoms with Crippen LogP contribution < -0.4 is 9.47 Å². The Morgan fingerprint density at radius 2 is 2.00 bits per heavy atom. The molecule has 2 aliphatic carbocycles. The largest absolute Gasteiger partial charge is 0.475 e. The number of halogens is 1. The zero-order valence-corrected chi connectivity index (χ0v) is 13.4. The summed E-state index contributed by atoms with van der Waals surface area (Å²) < 4.78 is 27.9. The third-order valence-corrected chi connectivity index (χ3v) is 4.76. The van der Waals surface area contributed by atoms with Crippen LogP contribution in [0.3, 0.4) is 0 Å². The molecular formula is C17H22FN3O2. The zero-order valence-electron chi connectivity index (χ0n) is 13.4. The maximum absolute atomic E-state index is 14.7. The monoisotopic (exact) mass is 319 g/mol. The van der Waals surface area contributed by atoms with Gasteiger partial charge in [0.2, 0.25) is 5.82 Å². The molecule has 0 atom stereocenters. The van der Waals surface area contributed by atoms with Gasteiger partial charge in [0, 0.05) is 7.05 Å². The second-order valence-corrected chi connectivity index (χ2v) is 6.70. The van der Waals surface area contributed by atoms with E-state index >= 15 is 0 Å². The van der Waals surface area contributed by atoms with Gasteiger partial charge in [-0.3, -0.25) is 4.57 Å². The van der Waals surface area contributed by atoms with Gasteiger partial charge in [-0.25, -0.2) is 4.98 Å². The molecule has 0 radical (unpaired) electrons. The lowest BCUT2D eigenvalue weighted by Gasteiger charge is -2.22. The zero-order chi connectivity index (χ0) is 15.8. The molecule has 2 aliphatic rings. The van der Waals surface area contributed by atoms with Crippen molar-refractivity contribution < 1.29 is 13.9 Å². The van der Waals surface area contributed by atoms with Gasteiger partial charge < -0.3 is 9.47 Å². The van der Waals surface area contributed by atoms with E-state index < -0.39 is 5.82 Å². The van der Waals surface area contributed by atoms with Crippen LogP contribution >= 0.6 is 0 Å². The van der Waals surface area contributed by atoms with E-state index in [-0.39, 0.29) is 12.0 Å². The van der Waals surface area contributed by atoms with Gasteiger partial charge in [-0.15, -0.1) is 0 Å². The van der Waals surface area contributed by atoms with E-state index in [0.29, 0.717) is 29.6 Å². The van der Waals surface area contributed by atoms with Gasteiger partial charge in [0.1, 0.15) is 17.1 Å². The van der Waals surface area contributed by atoms with Crippen molar-refractivity contribution in [2.45, 2.75) is 51.0 Å². The minimum atomic E-state index is -0.448. The summed E-state index contributed by atoms with van der Waals surface area (Å²) in [7, 11) is 1.78. The highest BCUT2D eigenvalue weighted by Gasteiger charge is 2.25. The van der Waals surface area contributed by atoms with Crippen LogP contribution in [0.2, 0.25) is 0 Å². The van der Waals surface area contributed by atoms with Gasteiger partial charge in [0.25, 0.3) is 11.9 Å². The molecule has 2 aromatic heterocycles. The molecule has 0 spiro atoms. The average Bonchev–Trinajstić information content (AvgIpc) is 3.33.